The van der Waals surface area contributed by atoms with Gasteiger partial charge in [-0.1, -0.05) is 0 Å². The highest BCUT2D eigenvalue weighted by Crippen LogP contribution is 2.00. The van der Waals surface area contributed by atoms with Gasteiger partial charge in [0, 0.05) is 26.2 Å². The SMILES string of the molecule is COCCCC(N)Cc1nnn(C)n1. The Morgan fingerprint density at radius 1 is 1.57 bits per heavy atom. The van der Waals surface area contributed by atoms with Crippen molar-refractivity contribution in [3.8, 4) is 0 Å². The van der Waals surface area contributed by atoms with Crippen molar-refractivity contribution in [3.63, 3.8) is 0 Å². The van der Waals surface area contributed by atoms with E-state index in [1.807, 2.05) is 0 Å². The molecule has 0 spiro atoms. The van der Waals surface area contributed by atoms with E-state index in [-0.39, 0.29) is 6.04 Å². The molecule has 0 saturated carbocycles. The number of rotatable bonds is 6. The van der Waals surface area contributed by atoms with Crippen molar-refractivity contribution in [1.82, 2.24) is 20.2 Å². The molecule has 0 aromatic carbocycles. The van der Waals surface area contributed by atoms with Crippen LogP contribution in [-0.4, -0.2) is 40.0 Å². The predicted octanol–water partition coefficient (Wildman–Crippen LogP) is -0.493. The first-order valence-electron chi connectivity index (χ1n) is 4.69. The predicted molar refractivity (Wildman–Crippen MR) is 51.6 cm³/mol. The van der Waals surface area contributed by atoms with Crippen LogP contribution in [0.4, 0.5) is 0 Å². The fraction of sp³-hybridized carbons (Fsp3) is 0.875. The second-order valence-electron chi connectivity index (χ2n) is 3.29. The molecule has 0 amide bonds. The molecule has 14 heavy (non-hydrogen) atoms. The van der Waals surface area contributed by atoms with E-state index < -0.39 is 0 Å². The second-order valence-corrected chi connectivity index (χ2v) is 3.29. The lowest BCUT2D eigenvalue weighted by atomic mass is 10.1. The Balaban J connectivity index is 2.23. The molecular weight excluding hydrogens is 182 g/mol. The van der Waals surface area contributed by atoms with Crippen LogP contribution in [0, 0.1) is 0 Å². The monoisotopic (exact) mass is 199 g/mol. The van der Waals surface area contributed by atoms with Gasteiger partial charge in [0.2, 0.25) is 0 Å². The number of aromatic nitrogens is 4. The lowest BCUT2D eigenvalue weighted by molar-refractivity contribution is 0.190. The normalized spacial score (nSPS) is 13.1. The molecule has 0 saturated heterocycles. The average molecular weight is 199 g/mol. The smallest absolute Gasteiger partial charge is 0.176 e. The van der Waals surface area contributed by atoms with Crippen molar-refractivity contribution in [2.75, 3.05) is 13.7 Å². The van der Waals surface area contributed by atoms with Crippen molar-refractivity contribution in [2.45, 2.75) is 25.3 Å². The van der Waals surface area contributed by atoms with Gasteiger partial charge in [-0.3, -0.25) is 0 Å². The van der Waals surface area contributed by atoms with Crippen molar-refractivity contribution < 1.29 is 4.74 Å². The Labute approximate surface area is 83.4 Å². The summed E-state index contributed by atoms with van der Waals surface area (Å²) in [6.45, 7) is 0.752. The highest BCUT2D eigenvalue weighted by molar-refractivity contribution is 4.82. The van der Waals surface area contributed by atoms with Crippen LogP contribution in [0.5, 0.6) is 0 Å². The molecule has 0 aliphatic rings. The maximum Gasteiger partial charge on any atom is 0.176 e. The van der Waals surface area contributed by atoms with Crippen LogP contribution in [0.3, 0.4) is 0 Å². The van der Waals surface area contributed by atoms with Crippen LogP contribution < -0.4 is 5.73 Å². The minimum atomic E-state index is 0.0920. The molecule has 80 valence electrons. The highest BCUT2D eigenvalue weighted by atomic mass is 16.5. The number of nitrogens with zero attached hydrogens (tertiary/aromatic N) is 4. The number of tetrazole rings is 1. The van der Waals surface area contributed by atoms with E-state index >= 15 is 0 Å². The van der Waals surface area contributed by atoms with E-state index in [1.54, 1.807) is 14.2 Å². The summed E-state index contributed by atoms with van der Waals surface area (Å²) >= 11 is 0. The zero-order valence-electron chi connectivity index (χ0n) is 8.68. The quantitative estimate of drug-likeness (QED) is 0.625. The molecule has 1 unspecified atom stereocenters. The summed E-state index contributed by atoms with van der Waals surface area (Å²) in [4.78, 5) is 1.44. The van der Waals surface area contributed by atoms with Gasteiger partial charge in [0.25, 0.3) is 0 Å². The molecule has 0 aliphatic heterocycles. The Bertz CT molecular complexity index is 262. The van der Waals surface area contributed by atoms with Gasteiger partial charge in [-0.15, -0.1) is 10.2 Å². The molecule has 6 heteroatoms. The van der Waals surface area contributed by atoms with Crippen LogP contribution in [0.25, 0.3) is 0 Å². The van der Waals surface area contributed by atoms with Gasteiger partial charge in [-0.25, -0.2) is 0 Å². The first-order chi connectivity index (χ1) is 6.72. The van der Waals surface area contributed by atoms with E-state index in [2.05, 4.69) is 15.4 Å². The third kappa shape index (κ3) is 3.80. The number of ether oxygens (including phenoxy) is 1. The summed E-state index contributed by atoms with van der Waals surface area (Å²) < 4.78 is 4.94. The number of aryl methyl sites for hydroxylation is 1. The summed E-state index contributed by atoms with van der Waals surface area (Å²) in [6, 6.07) is 0.0920. The third-order valence-electron chi connectivity index (χ3n) is 1.92. The van der Waals surface area contributed by atoms with Gasteiger partial charge in [0.1, 0.15) is 0 Å². The Morgan fingerprint density at radius 3 is 2.93 bits per heavy atom. The summed E-state index contributed by atoms with van der Waals surface area (Å²) in [5.41, 5.74) is 5.88. The fourth-order valence-corrected chi connectivity index (χ4v) is 1.23. The molecule has 0 fully saturated rings. The van der Waals surface area contributed by atoms with Crippen molar-refractivity contribution in [3.05, 3.63) is 5.82 Å². The van der Waals surface area contributed by atoms with Crippen molar-refractivity contribution >= 4 is 0 Å². The molecule has 1 aromatic rings. The molecule has 0 radical (unpaired) electrons. The van der Waals surface area contributed by atoms with E-state index in [0.29, 0.717) is 12.2 Å². The van der Waals surface area contributed by atoms with Gasteiger partial charge in [0.15, 0.2) is 5.82 Å². The number of nitrogens with two attached hydrogens (primary N) is 1. The van der Waals surface area contributed by atoms with Crippen LogP contribution in [0.15, 0.2) is 0 Å². The molecule has 0 bridgehead atoms. The largest absolute Gasteiger partial charge is 0.385 e. The van der Waals surface area contributed by atoms with Gasteiger partial charge >= 0.3 is 0 Å². The number of hydrogen-bond donors (Lipinski definition) is 1. The van der Waals surface area contributed by atoms with E-state index in [1.165, 1.54) is 4.80 Å². The minimum Gasteiger partial charge on any atom is -0.385 e. The minimum absolute atomic E-state index is 0.0920. The van der Waals surface area contributed by atoms with Crippen molar-refractivity contribution in [1.29, 1.82) is 0 Å². The summed E-state index contributed by atoms with van der Waals surface area (Å²) in [5.74, 6) is 0.706. The zero-order chi connectivity index (χ0) is 10.4. The number of hydrogen-bond acceptors (Lipinski definition) is 5. The average Bonchev–Trinajstić information content (AvgIpc) is 2.52. The lowest BCUT2D eigenvalue weighted by Crippen LogP contribution is -2.23. The summed E-state index contributed by atoms with van der Waals surface area (Å²) in [5, 5.41) is 11.7. The van der Waals surface area contributed by atoms with Crippen LogP contribution in [0.2, 0.25) is 0 Å². The van der Waals surface area contributed by atoms with E-state index in [0.717, 1.165) is 19.4 Å². The third-order valence-corrected chi connectivity index (χ3v) is 1.92. The van der Waals surface area contributed by atoms with E-state index in [4.69, 9.17) is 10.5 Å². The first kappa shape index (κ1) is 11.1. The first-order valence-corrected chi connectivity index (χ1v) is 4.69. The maximum absolute atomic E-state index is 5.88. The molecule has 1 rings (SSSR count). The van der Waals surface area contributed by atoms with Gasteiger partial charge in [-0.2, -0.15) is 4.80 Å². The van der Waals surface area contributed by atoms with Gasteiger partial charge in [-0.05, 0) is 18.1 Å². The molecule has 1 heterocycles. The fourth-order valence-electron chi connectivity index (χ4n) is 1.23. The molecule has 1 atom stereocenters. The zero-order valence-corrected chi connectivity index (χ0v) is 8.68. The van der Waals surface area contributed by atoms with Crippen LogP contribution in [-0.2, 0) is 18.2 Å². The molecule has 0 aliphatic carbocycles. The molecular formula is C8H17N5O. The highest BCUT2D eigenvalue weighted by Gasteiger charge is 2.07. The standard InChI is InChI=1S/C8H17N5O/c1-13-11-8(10-12-13)6-7(9)4-3-5-14-2/h7H,3-6,9H2,1-2H3. The van der Waals surface area contributed by atoms with Crippen LogP contribution >= 0.6 is 0 Å². The second kappa shape index (κ2) is 5.66. The van der Waals surface area contributed by atoms with E-state index in [9.17, 15) is 0 Å². The Hall–Kier alpha value is -1.01. The van der Waals surface area contributed by atoms with Gasteiger partial charge < -0.3 is 10.5 Å². The summed E-state index contributed by atoms with van der Waals surface area (Å²) in [7, 11) is 3.43. The molecule has 1 aromatic heterocycles. The molecule has 2 N–H and O–H groups in total. The Morgan fingerprint density at radius 2 is 2.36 bits per heavy atom. The van der Waals surface area contributed by atoms with Crippen molar-refractivity contribution in [2.24, 2.45) is 12.8 Å². The molecule has 6 nitrogen and oxygen atoms in total. The topological polar surface area (TPSA) is 78.9 Å². The lowest BCUT2D eigenvalue weighted by Gasteiger charge is -2.07. The van der Waals surface area contributed by atoms with Crippen LogP contribution in [0.1, 0.15) is 18.7 Å². The maximum atomic E-state index is 5.88. The Kier molecular flexibility index (Phi) is 4.48. The van der Waals surface area contributed by atoms with Gasteiger partial charge in [0.05, 0.1) is 7.05 Å². The summed E-state index contributed by atoms with van der Waals surface area (Å²) in [6.07, 6.45) is 2.57. The number of methoxy groups -OCH3 is 1.